The highest BCUT2D eigenvalue weighted by Crippen LogP contribution is 2.41. The van der Waals surface area contributed by atoms with Crippen LogP contribution in [-0.2, 0) is 27.5 Å². The zero-order valence-electron chi connectivity index (χ0n) is 28.5. The molecule has 2 heterocycles. The molecular weight excluding hydrogens is 615 g/mol. The molecule has 0 radical (unpaired) electrons. The fourth-order valence-electron chi connectivity index (χ4n) is 5.91. The van der Waals surface area contributed by atoms with Gasteiger partial charge in [-0.25, -0.2) is 0 Å². The van der Waals surface area contributed by atoms with E-state index in [4.69, 9.17) is 22.8 Å². The number of aliphatic hydroxyl groups excluding tert-OH is 1. The van der Waals surface area contributed by atoms with Crippen LogP contribution in [0.3, 0.4) is 0 Å². The monoisotopic (exact) mass is 669 g/mol. The third-order valence-electron chi connectivity index (χ3n) is 7.94. The van der Waals surface area contributed by atoms with E-state index in [0.717, 1.165) is 0 Å². The lowest BCUT2D eigenvalue weighted by Crippen LogP contribution is -2.58. The fraction of sp³-hybridized carbons (Fsp3) is 0.774. The predicted molar refractivity (Wildman–Crippen MR) is 178 cm³/mol. The summed E-state index contributed by atoms with van der Waals surface area (Å²) in [6, 6.07) is 5.66. The van der Waals surface area contributed by atoms with Crippen molar-refractivity contribution in [2.24, 2.45) is 11.8 Å². The molecule has 1 aromatic rings. The summed E-state index contributed by atoms with van der Waals surface area (Å²) in [5, 5.41) is 21.7. The summed E-state index contributed by atoms with van der Waals surface area (Å²) in [6.07, 6.45) is -0.891. The summed E-state index contributed by atoms with van der Waals surface area (Å²) in [5.74, 6) is -0.0845. The van der Waals surface area contributed by atoms with Crippen molar-refractivity contribution in [3.63, 3.8) is 0 Å². The van der Waals surface area contributed by atoms with Gasteiger partial charge in [-0.05, 0) is 83.5 Å². The van der Waals surface area contributed by atoms with Gasteiger partial charge in [0.15, 0.2) is 25.0 Å². The lowest BCUT2D eigenvalue weighted by atomic mass is 9.85. The van der Waals surface area contributed by atoms with Crippen LogP contribution in [-0.4, -0.2) is 84.0 Å². The number of nitrogens with zero attached hydrogens (tertiary/aromatic N) is 1. The summed E-state index contributed by atoms with van der Waals surface area (Å²) in [5.41, 5.74) is 0.407. The third-order valence-corrected chi connectivity index (χ3v) is 11.0. The number of hydrogen-bond acceptors (Lipinski definition) is 9. The summed E-state index contributed by atoms with van der Waals surface area (Å²) < 4.78 is 32.6. The summed E-state index contributed by atoms with van der Waals surface area (Å²) in [7, 11) is -5.77. The first-order valence-electron chi connectivity index (χ1n) is 15.9. The van der Waals surface area contributed by atoms with E-state index >= 15 is 0 Å². The quantitative estimate of drug-likeness (QED) is 0.0911. The second-order valence-electron chi connectivity index (χ2n) is 15.5. The van der Waals surface area contributed by atoms with Crippen LogP contribution in [0, 0.1) is 22.0 Å². The Labute approximate surface area is 266 Å². The maximum atomic E-state index is 13.3. The van der Waals surface area contributed by atoms with Crippen molar-refractivity contribution < 1.29 is 37.6 Å². The first kappa shape index (κ1) is 37.2. The Balaban J connectivity index is 1.73. The van der Waals surface area contributed by atoms with Gasteiger partial charge in [0.05, 0.1) is 48.2 Å². The minimum absolute atomic E-state index is 0.0537. The highest BCUT2D eigenvalue weighted by atomic mass is 28.4. The van der Waals surface area contributed by atoms with Crippen LogP contribution < -0.4 is 0 Å². The molecule has 1 aromatic carbocycles. The number of ketones is 1. The topological polar surface area (TPSA) is 130 Å². The van der Waals surface area contributed by atoms with Gasteiger partial charge in [0, 0.05) is 49.3 Å². The first-order valence-corrected chi connectivity index (χ1v) is 26.1. The average molecular weight is 670 g/mol. The molecule has 2 saturated heterocycles. The molecule has 0 aliphatic carbocycles. The van der Waals surface area contributed by atoms with Gasteiger partial charge in [-0.3, -0.25) is 14.9 Å². The van der Waals surface area contributed by atoms with Crippen molar-refractivity contribution in [2.75, 3.05) is 6.61 Å². The van der Waals surface area contributed by atoms with Crippen molar-refractivity contribution in [1.82, 2.24) is 0 Å². The molecular formula is C31H55NO9Si3. The number of rotatable bonds is 16. The molecule has 2 aliphatic heterocycles. The standard InChI is InChI=1S/C31H55NO9Si3/c1-20(21(2)39-42(3,4)5)29-28(38-29)18-27-31(41-44(9,10)11)30(40-43(6,7)8)23(19-37-27)16-25(33)17-26(34)22-12-14-24(15-13-22)32(35)36/h12-15,20-21,23,26-31,34H,16-19H2,1-11H3/t20-,21+,23+,26?,27+,28+,29+,30-,31-/m1/s1. The van der Waals surface area contributed by atoms with Gasteiger partial charge in [0.1, 0.15) is 5.78 Å². The van der Waals surface area contributed by atoms with Gasteiger partial charge in [0.2, 0.25) is 0 Å². The van der Waals surface area contributed by atoms with Gasteiger partial charge >= 0.3 is 0 Å². The number of nitro benzene ring substituents is 1. The number of ether oxygens (including phenoxy) is 2. The van der Waals surface area contributed by atoms with Crippen LogP contribution in [0.5, 0.6) is 0 Å². The van der Waals surface area contributed by atoms with Crippen molar-refractivity contribution in [1.29, 1.82) is 0 Å². The minimum atomic E-state index is -2.06. The van der Waals surface area contributed by atoms with Crippen molar-refractivity contribution >= 4 is 36.4 Å². The number of Topliss-reactive ketones (excluding diaryl/α,β-unsaturated/α-hetero) is 1. The highest BCUT2D eigenvalue weighted by Gasteiger charge is 2.52. The van der Waals surface area contributed by atoms with Crippen LogP contribution in [0.25, 0.3) is 0 Å². The number of carbonyl (C=O) groups is 1. The molecule has 9 atom stereocenters. The van der Waals surface area contributed by atoms with Crippen LogP contribution in [0.15, 0.2) is 24.3 Å². The van der Waals surface area contributed by atoms with E-state index in [1.54, 1.807) is 0 Å². The zero-order chi connectivity index (χ0) is 33.2. The van der Waals surface area contributed by atoms with Crippen LogP contribution >= 0.6 is 0 Å². The van der Waals surface area contributed by atoms with Gasteiger partial charge in [-0.1, -0.05) is 6.92 Å². The number of hydrogen-bond donors (Lipinski definition) is 1. The first-order chi connectivity index (χ1) is 20.1. The van der Waals surface area contributed by atoms with Gasteiger partial charge in [0.25, 0.3) is 5.69 Å². The summed E-state index contributed by atoms with van der Waals surface area (Å²) in [4.78, 5) is 23.8. The largest absolute Gasteiger partial charge is 0.415 e. The Hall–Kier alpha value is -1.30. The maximum Gasteiger partial charge on any atom is 0.269 e. The van der Waals surface area contributed by atoms with Gasteiger partial charge in [-0.15, -0.1) is 0 Å². The van der Waals surface area contributed by atoms with Crippen molar-refractivity contribution in [2.45, 2.75) is 135 Å². The number of aliphatic hydroxyl groups is 1. The molecule has 0 saturated carbocycles. The smallest absolute Gasteiger partial charge is 0.269 e. The molecule has 0 bridgehead atoms. The van der Waals surface area contributed by atoms with Gasteiger partial charge in [-0.2, -0.15) is 0 Å². The SMILES string of the molecule is C[C@@H]([C@@H]1O[C@H]1C[C@@H]1OC[C@H](CC(=O)CC(O)c2ccc([N+](=O)[O-])cc2)[C@@H](O[Si](C)(C)C)[C@@H]1O[Si](C)(C)C)[C@H](C)O[Si](C)(C)C. The van der Waals surface area contributed by atoms with E-state index in [0.29, 0.717) is 18.6 Å². The number of benzene rings is 1. The Morgan fingerprint density at radius 3 is 2.05 bits per heavy atom. The number of nitro groups is 1. The molecule has 2 fully saturated rings. The Morgan fingerprint density at radius 1 is 0.955 bits per heavy atom. The third kappa shape index (κ3) is 11.5. The molecule has 250 valence electrons. The van der Waals surface area contributed by atoms with Crippen LogP contribution in [0.2, 0.25) is 58.9 Å². The molecule has 1 N–H and O–H groups in total. The number of epoxide rings is 1. The minimum Gasteiger partial charge on any atom is -0.415 e. The van der Waals surface area contributed by atoms with Crippen molar-refractivity contribution in [3.8, 4) is 0 Å². The fourth-order valence-corrected chi connectivity index (χ4v) is 9.49. The normalized spacial score (nSPS) is 28.3. The molecule has 2 aliphatic rings. The summed E-state index contributed by atoms with van der Waals surface area (Å²) in [6.45, 7) is 24.2. The zero-order valence-corrected chi connectivity index (χ0v) is 31.5. The van der Waals surface area contributed by atoms with Crippen LogP contribution in [0.4, 0.5) is 5.69 Å². The van der Waals surface area contributed by atoms with E-state index in [1.807, 2.05) is 0 Å². The molecule has 13 heteroatoms. The Morgan fingerprint density at radius 2 is 1.52 bits per heavy atom. The molecule has 0 amide bonds. The molecule has 44 heavy (non-hydrogen) atoms. The number of non-ortho nitro benzene ring substituents is 1. The van der Waals surface area contributed by atoms with Crippen molar-refractivity contribution in [3.05, 3.63) is 39.9 Å². The molecule has 0 aromatic heterocycles. The van der Waals surface area contributed by atoms with E-state index in [2.05, 4.69) is 72.8 Å². The summed E-state index contributed by atoms with van der Waals surface area (Å²) >= 11 is 0. The Kier molecular flexibility index (Phi) is 12.4. The van der Waals surface area contributed by atoms with E-state index in [9.17, 15) is 20.0 Å². The highest BCUT2D eigenvalue weighted by molar-refractivity contribution is 6.70. The van der Waals surface area contributed by atoms with Gasteiger partial charge < -0.3 is 27.9 Å². The van der Waals surface area contributed by atoms with E-state index in [-0.39, 0.29) is 72.8 Å². The lowest BCUT2D eigenvalue weighted by molar-refractivity contribution is -0.384. The predicted octanol–water partition coefficient (Wildman–Crippen LogP) is 6.47. The Bertz CT molecular complexity index is 1120. The van der Waals surface area contributed by atoms with Crippen LogP contribution in [0.1, 0.15) is 44.8 Å². The number of carbonyl (C=O) groups excluding carboxylic acids is 1. The molecule has 3 rings (SSSR count). The average Bonchev–Trinajstić information content (AvgIpc) is 3.63. The maximum absolute atomic E-state index is 13.3. The second-order valence-corrected chi connectivity index (χ2v) is 28.9. The lowest BCUT2D eigenvalue weighted by Gasteiger charge is -2.47. The molecule has 0 spiro atoms. The van der Waals surface area contributed by atoms with E-state index in [1.165, 1.54) is 24.3 Å². The molecule has 10 nitrogen and oxygen atoms in total. The molecule has 1 unspecified atom stereocenters. The van der Waals surface area contributed by atoms with E-state index < -0.39 is 36.0 Å². The second kappa shape index (κ2) is 14.6.